The number of hydrogen-bond donors (Lipinski definition) is 1. The first-order valence-electron chi connectivity index (χ1n) is 8.03. The van der Waals surface area contributed by atoms with Gasteiger partial charge in [-0.1, -0.05) is 31.5 Å². The highest BCUT2D eigenvalue weighted by Gasteiger charge is 2.21. The van der Waals surface area contributed by atoms with E-state index < -0.39 is 0 Å². The molecular weight excluding hydrogens is 260 g/mol. The fourth-order valence-corrected chi connectivity index (χ4v) is 3.38. The molecule has 21 heavy (non-hydrogen) atoms. The molecule has 2 rings (SSSR count). The molecule has 1 saturated heterocycles. The number of piperidine rings is 1. The van der Waals surface area contributed by atoms with Crippen molar-refractivity contribution in [1.82, 2.24) is 10.2 Å². The Balaban J connectivity index is 1.83. The number of hydrogen-bond acceptors (Lipinski definition) is 2. The second-order valence-electron chi connectivity index (χ2n) is 6.78. The van der Waals surface area contributed by atoms with Crippen LogP contribution in [0.3, 0.4) is 0 Å². The van der Waals surface area contributed by atoms with E-state index in [-0.39, 0.29) is 5.91 Å². The highest BCUT2D eigenvalue weighted by molar-refractivity contribution is 5.95. The minimum Gasteiger partial charge on any atom is -0.351 e. The predicted octanol–water partition coefficient (Wildman–Crippen LogP) is 3.01. The van der Waals surface area contributed by atoms with Crippen molar-refractivity contribution in [3.63, 3.8) is 0 Å². The number of carbonyl (C=O) groups is 1. The van der Waals surface area contributed by atoms with E-state index in [0.29, 0.717) is 0 Å². The molecule has 1 aromatic carbocycles. The summed E-state index contributed by atoms with van der Waals surface area (Å²) in [5, 5.41) is 3.06. The zero-order valence-electron chi connectivity index (χ0n) is 13.8. The lowest BCUT2D eigenvalue weighted by molar-refractivity contribution is 0.0936. The third-order valence-corrected chi connectivity index (χ3v) is 4.30. The van der Waals surface area contributed by atoms with Gasteiger partial charge in [0, 0.05) is 31.7 Å². The van der Waals surface area contributed by atoms with Gasteiger partial charge in [-0.3, -0.25) is 4.79 Å². The zero-order valence-corrected chi connectivity index (χ0v) is 13.8. The molecule has 0 aliphatic carbocycles. The van der Waals surface area contributed by atoms with E-state index in [2.05, 4.69) is 24.1 Å². The second kappa shape index (κ2) is 7.08. The van der Waals surface area contributed by atoms with E-state index in [1.54, 1.807) is 0 Å². The molecule has 1 aliphatic heterocycles. The van der Waals surface area contributed by atoms with Gasteiger partial charge in [0.2, 0.25) is 0 Å². The molecule has 1 heterocycles. The number of rotatable bonds is 4. The summed E-state index contributed by atoms with van der Waals surface area (Å²) in [7, 11) is 0. The van der Waals surface area contributed by atoms with Crippen LogP contribution in [0.2, 0.25) is 0 Å². The number of benzene rings is 1. The van der Waals surface area contributed by atoms with Gasteiger partial charge in [0.25, 0.3) is 5.91 Å². The Morgan fingerprint density at radius 2 is 1.90 bits per heavy atom. The van der Waals surface area contributed by atoms with Gasteiger partial charge in [0.1, 0.15) is 0 Å². The minimum absolute atomic E-state index is 0.0503. The average Bonchev–Trinajstić information content (AvgIpc) is 2.40. The van der Waals surface area contributed by atoms with Crippen LogP contribution >= 0.6 is 0 Å². The van der Waals surface area contributed by atoms with Crippen LogP contribution < -0.4 is 5.32 Å². The summed E-state index contributed by atoms with van der Waals surface area (Å²) >= 11 is 0. The number of carbonyl (C=O) groups excluding carboxylic acids is 1. The molecule has 3 nitrogen and oxygen atoms in total. The van der Waals surface area contributed by atoms with Crippen LogP contribution in [-0.4, -0.2) is 37.0 Å². The number of aryl methyl sites for hydroxylation is 2. The Bertz CT molecular complexity index is 488. The lowest BCUT2D eigenvalue weighted by atomic mass is 9.92. The molecule has 0 saturated carbocycles. The summed E-state index contributed by atoms with van der Waals surface area (Å²) in [6, 6.07) is 6.02. The molecule has 0 bridgehead atoms. The number of nitrogens with one attached hydrogen (secondary N) is 1. The Hall–Kier alpha value is -1.35. The third-order valence-electron chi connectivity index (χ3n) is 4.30. The maximum absolute atomic E-state index is 12.3. The highest BCUT2D eigenvalue weighted by Crippen LogP contribution is 2.20. The SMILES string of the molecule is Cc1ccc(C)c(C(=O)NCCN2CC(C)CC(C)C2)c1. The van der Waals surface area contributed by atoms with Crippen molar-refractivity contribution in [1.29, 1.82) is 0 Å². The Morgan fingerprint density at radius 3 is 2.57 bits per heavy atom. The first-order chi connectivity index (χ1) is 9.95. The van der Waals surface area contributed by atoms with Crippen molar-refractivity contribution in [2.24, 2.45) is 11.8 Å². The largest absolute Gasteiger partial charge is 0.351 e. The lowest BCUT2D eigenvalue weighted by Crippen LogP contribution is -2.42. The van der Waals surface area contributed by atoms with Crippen LogP contribution in [0.5, 0.6) is 0 Å². The summed E-state index contributed by atoms with van der Waals surface area (Å²) < 4.78 is 0. The van der Waals surface area contributed by atoms with Crippen LogP contribution in [0, 0.1) is 25.7 Å². The molecule has 0 radical (unpaired) electrons. The topological polar surface area (TPSA) is 32.3 Å². The molecule has 2 atom stereocenters. The number of amides is 1. The van der Waals surface area contributed by atoms with E-state index in [9.17, 15) is 4.79 Å². The predicted molar refractivity (Wildman–Crippen MR) is 87.6 cm³/mol. The summed E-state index contributed by atoms with van der Waals surface area (Å²) in [4.78, 5) is 14.7. The first kappa shape index (κ1) is 16.0. The molecule has 116 valence electrons. The van der Waals surface area contributed by atoms with E-state index in [4.69, 9.17) is 0 Å². The van der Waals surface area contributed by atoms with Crippen molar-refractivity contribution in [2.45, 2.75) is 34.1 Å². The summed E-state index contributed by atoms with van der Waals surface area (Å²) in [6.07, 6.45) is 1.32. The van der Waals surface area contributed by atoms with Crippen molar-refractivity contribution in [3.05, 3.63) is 34.9 Å². The molecular formula is C18H28N2O. The van der Waals surface area contributed by atoms with Gasteiger partial charge in [0.15, 0.2) is 0 Å². The van der Waals surface area contributed by atoms with Crippen molar-refractivity contribution in [3.8, 4) is 0 Å². The lowest BCUT2D eigenvalue weighted by Gasteiger charge is -2.34. The monoisotopic (exact) mass is 288 g/mol. The van der Waals surface area contributed by atoms with E-state index in [1.165, 1.54) is 6.42 Å². The first-order valence-corrected chi connectivity index (χ1v) is 8.03. The second-order valence-corrected chi connectivity index (χ2v) is 6.78. The van der Waals surface area contributed by atoms with Crippen LogP contribution in [0.1, 0.15) is 41.8 Å². The quantitative estimate of drug-likeness (QED) is 0.923. The fourth-order valence-electron chi connectivity index (χ4n) is 3.38. The van der Waals surface area contributed by atoms with Gasteiger partial charge in [-0.2, -0.15) is 0 Å². The maximum Gasteiger partial charge on any atom is 0.251 e. The zero-order chi connectivity index (χ0) is 15.4. The molecule has 1 aromatic rings. The van der Waals surface area contributed by atoms with Gasteiger partial charge < -0.3 is 10.2 Å². The van der Waals surface area contributed by atoms with Gasteiger partial charge in [-0.05, 0) is 43.7 Å². The molecule has 1 N–H and O–H groups in total. The number of likely N-dealkylation sites (tertiary alicyclic amines) is 1. The minimum atomic E-state index is 0.0503. The van der Waals surface area contributed by atoms with Crippen LogP contribution in [-0.2, 0) is 0 Å². The molecule has 0 spiro atoms. The van der Waals surface area contributed by atoms with Crippen molar-refractivity contribution in [2.75, 3.05) is 26.2 Å². The Labute approximate surface area is 128 Å². The molecule has 1 amide bonds. The van der Waals surface area contributed by atoms with Gasteiger partial charge in [-0.15, -0.1) is 0 Å². The summed E-state index contributed by atoms with van der Waals surface area (Å²) in [5.41, 5.74) is 2.97. The number of nitrogens with zero attached hydrogens (tertiary/aromatic N) is 1. The molecule has 0 aromatic heterocycles. The third kappa shape index (κ3) is 4.57. The standard InChI is InChI=1S/C18H28N2O/c1-13-5-6-16(4)17(10-13)18(21)19-7-8-20-11-14(2)9-15(3)12-20/h5-6,10,14-15H,7-9,11-12H2,1-4H3,(H,19,21). The van der Waals surface area contributed by atoms with E-state index >= 15 is 0 Å². The summed E-state index contributed by atoms with van der Waals surface area (Å²) in [5.74, 6) is 1.58. The van der Waals surface area contributed by atoms with Crippen LogP contribution in [0.25, 0.3) is 0 Å². The van der Waals surface area contributed by atoms with Gasteiger partial charge in [-0.25, -0.2) is 0 Å². The Kier molecular flexibility index (Phi) is 5.40. The summed E-state index contributed by atoms with van der Waals surface area (Å²) in [6.45, 7) is 12.6. The van der Waals surface area contributed by atoms with Gasteiger partial charge >= 0.3 is 0 Å². The molecule has 3 heteroatoms. The van der Waals surface area contributed by atoms with Gasteiger partial charge in [0.05, 0.1) is 0 Å². The average molecular weight is 288 g/mol. The van der Waals surface area contributed by atoms with E-state index in [0.717, 1.165) is 54.7 Å². The van der Waals surface area contributed by atoms with E-state index in [1.807, 2.05) is 32.0 Å². The fraction of sp³-hybridized carbons (Fsp3) is 0.611. The van der Waals surface area contributed by atoms with Crippen molar-refractivity contribution < 1.29 is 4.79 Å². The highest BCUT2D eigenvalue weighted by atomic mass is 16.1. The molecule has 1 fully saturated rings. The van der Waals surface area contributed by atoms with Crippen LogP contribution in [0.4, 0.5) is 0 Å². The van der Waals surface area contributed by atoms with Crippen LogP contribution in [0.15, 0.2) is 18.2 Å². The Morgan fingerprint density at radius 1 is 1.24 bits per heavy atom. The van der Waals surface area contributed by atoms with Crippen molar-refractivity contribution >= 4 is 5.91 Å². The molecule has 1 aliphatic rings. The normalized spacial score (nSPS) is 23.0. The molecule has 2 unspecified atom stereocenters. The smallest absolute Gasteiger partial charge is 0.251 e. The maximum atomic E-state index is 12.3.